The first kappa shape index (κ1) is 15.1. The van der Waals surface area contributed by atoms with Gasteiger partial charge in [-0.1, -0.05) is 0 Å². The molecule has 0 aliphatic carbocycles. The lowest BCUT2D eigenvalue weighted by Gasteiger charge is -2.33. The van der Waals surface area contributed by atoms with E-state index in [1.807, 2.05) is 11.2 Å². The molecule has 1 heterocycles. The summed E-state index contributed by atoms with van der Waals surface area (Å²) in [5.74, 6) is 1.50. The van der Waals surface area contributed by atoms with E-state index >= 15 is 0 Å². The highest BCUT2D eigenvalue weighted by Crippen LogP contribution is 2.19. The Morgan fingerprint density at radius 3 is 2.47 bits per heavy atom. The zero-order chi connectivity index (χ0) is 10.6. The maximum Gasteiger partial charge on any atom is 0.232 e. The van der Waals surface area contributed by atoms with Crippen molar-refractivity contribution in [3.63, 3.8) is 0 Å². The monoisotopic (exact) mass is 252 g/mol. The fourth-order valence-electron chi connectivity index (χ4n) is 1.89. The van der Waals surface area contributed by atoms with Gasteiger partial charge in [-0.2, -0.15) is 11.8 Å². The lowest BCUT2D eigenvalue weighted by molar-refractivity contribution is -0.129. The number of hydrogen-bond donors (Lipinski definition) is 1. The maximum absolute atomic E-state index is 11.5. The Morgan fingerprint density at radius 1 is 1.53 bits per heavy atom. The number of nitrogens with two attached hydrogens (primary N) is 1. The summed E-state index contributed by atoms with van der Waals surface area (Å²) in [7, 11) is 0. The molecule has 0 aromatic rings. The number of carbonyl (C=O) groups is 1. The lowest BCUT2D eigenvalue weighted by atomic mass is 9.91. The summed E-state index contributed by atoms with van der Waals surface area (Å²) in [6, 6.07) is 0.271. The first-order chi connectivity index (χ1) is 6.65. The van der Waals surface area contributed by atoms with Crippen molar-refractivity contribution in [1.29, 1.82) is 0 Å². The second-order valence-corrected chi connectivity index (χ2v) is 4.88. The molecular weight excluding hydrogens is 232 g/mol. The zero-order valence-electron chi connectivity index (χ0n) is 9.44. The van der Waals surface area contributed by atoms with Crippen LogP contribution in [0.2, 0.25) is 0 Å². The fraction of sp³-hybridized carbons (Fsp3) is 0.900. The number of rotatable bonds is 3. The minimum absolute atomic E-state index is 0. The number of nitrogens with zero attached hydrogens (tertiary/aromatic N) is 1. The van der Waals surface area contributed by atoms with Gasteiger partial charge in [0.15, 0.2) is 0 Å². The van der Waals surface area contributed by atoms with Gasteiger partial charge < -0.3 is 10.6 Å². The summed E-state index contributed by atoms with van der Waals surface area (Å²) in [6.45, 7) is 3.85. The van der Waals surface area contributed by atoms with Crippen molar-refractivity contribution in [1.82, 2.24) is 4.90 Å². The van der Waals surface area contributed by atoms with Crippen LogP contribution in [0.3, 0.4) is 0 Å². The SMILES string of the molecule is CSCC(=O)N1CCC(C(C)N)CC1.Cl. The molecule has 1 saturated heterocycles. The second-order valence-electron chi connectivity index (χ2n) is 4.01. The summed E-state index contributed by atoms with van der Waals surface area (Å²) in [6.07, 6.45) is 4.10. The highest BCUT2D eigenvalue weighted by Gasteiger charge is 2.24. The Kier molecular flexibility index (Phi) is 7.40. The van der Waals surface area contributed by atoms with Gasteiger partial charge in [-0.15, -0.1) is 12.4 Å². The minimum atomic E-state index is 0. The van der Waals surface area contributed by atoms with Crippen molar-refractivity contribution in [3.8, 4) is 0 Å². The third-order valence-electron chi connectivity index (χ3n) is 2.90. The molecule has 1 aliphatic rings. The van der Waals surface area contributed by atoms with Crippen LogP contribution in [-0.4, -0.2) is 41.9 Å². The highest BCUT2D eigenvalue weighted by atomic mass is 35.5. The number of hydrogen-bond acceptors (Lipinski definition) is 3. The van der Waals surface area contributed by atoms with Crippen molar-refractivity contribution in [3.05, 3.63) is 0 Å². The van der Waals surface area contributed by atoms with Gasteiger partial charge in [0.25, 0.3) is 0 Å². The fourth-order valence-corrected chi connectivity index (χ4v) is 2.32. The molecular formula is C10H21ClN2OS. The van der Waals surface area contributed by atoms with Gasteiger partial charge in [-0.05, 0) is 31.9 Å². The van der Waals surface area contributed by atoms with E-state index in [9.17, 15) is 4.79 Å². The molecule has 0 radical (unpaired) electrons. The van der Waals surface area contributed by atoms with Crippen LogP contribution in [0.25, 0.3) is 0 Å². The lowest BCUT2D eigenvalue weighted by Crippen LogP contribution is -2.43. The molecule has 0 aromatic heterocycles. The number of carbonyl (C=O) groups excluding carboxylic acids is 1. The summed E-state index contributed by atoms with van der Waals surface area (Å²) >= 11 is 1.59. The molecule has 1 atom stereocenters. The topological polar surface area (TPSA) is 46.3 Å². The Balaban J connectivity index is 0.00000196. The molecule has 0 aromatic carbocycles. The summed E-state index contributed by atoms with van der Waals surface area (Å²) in [5.41, 5.74) is 5.84. The third-order valence-corrected chi connectivity index (χ3v) is 3.44. The molecule has 0 spiro atoms. The number of likely N-dealkylation sites (tertiary alicyclic amines) is 1. The van der Waals surface area contributed by atoms with Gasteiger partial charge in [0.1, 0.15) is 0 Å². The van der Waals surface area contributed by atoms with Crippen molar-refractivity contribution in [2.24, 2.45) is 11.7 Å². The average molecular weight is 253 g/mol. The molecule has 2 N–H and O–H groups in total. The van der Waals surface area contributed by atoms with E-state index in [1.165, 1.54) is 0 Å². The molecule has 1 amide bonds. The molecule has 1 rings (SSSR count). The zero-order valence-corrected chi connectivity index (χ0v) is 11.1. The molecule has 0 saturated carbocycles. The van der Waals surface area contributed by atoms with Crippen molar-refractivity contribution in [2.75, 3.05) is 25.1 Å². The molecule has 1 aliphatic heterocycles. The number of amides is 1. The van der Waals surface area contributed by atoms with Crippen LogP contribution in [0.15, 0.2) is 0 Å². The second kappa shape index (κ2) is 7.36. The molecule has 90 valence electrons. The van der Waals surface area contributed by atoms with Gasteiger partial charge in [0, 0.05) is 19.1 Å². The van der Waals surface area contributed by atoms with E-state index < -0.39 is 0 Å². The van der Waals surface area contributed by atoms with E-state index in [0.29, 0.717) is 11.7 Å². The van der Waals surface area contributed by atoms with Crippen molar-refractivity contribution in [2.45, 2.75) is 25.8 Å². The largest absolute Gasteiger partial charge is 0.342 e. The summed E-state index contributed by atoms with van der Waals surface area (Å²) in [4.78, 5) is 13.5. The highest BCUT2D eigenvalue weighted by molar-refractivity contribution is 7.99. The van der Waals surface area contributed by atoms with Gasteiger partial charge in [-0.25, -0.2) is 0 Å². The van der Waals surface area contributed by atoms with Crippen LogP contribution in [0.5, 0.6) is 0 Å². The quantitative estimate of drug-likeness (QED) is 0.825. The number of piperidine rings is 1. The standard InChI is InChI=1S/C10H20N2OS.ClH/c1-8(11)9-3-5-12(6-4-9)10(13)7-14-2;/h8-9H,3-7,11H2,1-2H3;1H. The number of thioether (sulfide) groups is 1. The first-order valence-corrected chi connectivity index (χ1v) is 6.57. The predicted octanol–water partition coefficient (Wildman–Crippen LogP) is 1.36. The van der Waals surface area contributed by atoms with Gasteiger partial charge in [0.2, 0.25) is 5.91 Å². The summed E-state index contributed by atoms with van der Waals surface area (Å²) < 4.78 is 0. The molecule has 1 unspecified atom stereocenters. The molecule has 5 heteroatoms. The molecule has 1 fully saturated rings. The van der Waals surface area contributed by atoms with E-state index in [2.05, 4.69) is 6.92 Å². The Bertz CT molecular complexity index is 194. The van der Waals surface area contributed by atoms with E-state index in [1.54, 1.807) is 11.8 Å². The van der Waals surface area contributed by atoms with Gasteiger partial charge in [-0.3, -0.25) is 4.79 Å². The Hall–Kier alpha value is 0.0700. The Morgan fingerprint density at radius 2 is 2.07 bits per heavy atom. The van der Waals surface area contributed by atoms with Crippen LogP contribution >= 0.6 is 24.2 Å². The predicted molar refractivity (Wildman–Crippen MR) is 68.6 cm³/mol. The van der Waals surface area contributed by atoms with Crippen LogP contribution in [-0.2, 0) is 4.79 Å². The molecule has 3 nitrogen and oxygen atoms in total. The van der Waals surface area contributed by atoms with Crippen molar-refractivity contribution >= 4 is 30.1 Å². The minimum Gasteiger partial charge on any atom is -0.342 e. The van der Waals surface area contributed by atoms with Crippen molar-refractivity contribution < 1.29 is 4.79 Å². The smallest absolute Gasteiger partial charge is 0.232 e. The maximum atomic E-state index is 11.5. The van der Waals surface area contributed by atoms with Crippen LogP contribution in [0, 0.1) is 5.92 Å². The van der Waals surface area contributed by atoms with E-state index in [-0.39, 0.29) is 24.4 Å². The average Bonchev–Trinajstić information content (AvgIpc) is 2.18. The summed E-state index contributed by atoms with van der Waals surface area (Å²) in [5, 5.41) is 0. The van der Waals surface area contributed by atoms with Crippen LogP contribution in [0.4, 0.5) is 0 Å². The van der Waals surface area contributed by atoms with Gasteiger partial charge >= 0.3 is 0 Å². The number of halogens is 1. The Labute approximate surface area is 103 Å². The van der Waals surface area contributed by atoms with Gasteiger partial charge in [0.05, 0.1) is 5.75 Å². The third kappa shape index (κ3) is 4.62. The normalized spacial score (nSPS) is 19.5. The van der Waals surface area contributed by atoms with E-state index in [4.69, 9.17) is 5.73 Å². The first-order valence-electron chi connectivity index (χ1n) is 5.17. The van der Waals surface area contributed by atoms with E-state index in [0.717, 1.165) is 25.9 Å². The van der Waals surface area contributed by atoms with Crippen LogP contribution in [0.1, 0.15) is 19.8 Å². The molecule has 0 bridgehead atoms. The molecule has 15 heavy (non-hydrogen) atoms. The van der Waals surface area contributed by atoms with Crippen LogP contribution < -0.4 is 5.73 Å².